The van der Waals surface area contributed by atoms with Crippen molar-refractivity contribution in [2.24, 2.45) is 10.9 Å². The lowest BCUT2D eigenvalue weighted by atomic mass is 9.77. The van der Waals surface area contributed by atoms with Gasteiger partial charge in [-0.25, -0.2) is 0 Å². The minimum absolute atomic E-state index is 0.234. The van der Waals surface area contributed by atoms with Crippen LogP contribution in [0.3, 0.4) is 0 Å². The van der Waals surface area contributed by atoms with Gasteiger partial charge in [0.2, 0.25) is 0 Å². The fourth-order valence-electron chi connectivity index (χ4n) is 3.38. The van der Waals surface area contributed by atoms with E-state index in [4.69, 9.17) is 15.2 Å². The summed E-state index contributed by atoms with van der Waals surface area (Å²) in [6.45, 7) is 2.17. The maximum absolute atomic E-state index is 9.03. The Morgan fingerprint density at radius 3 is 2.64 bits per heavy atom. The molecule has 25 heavy (non-hydrogen) atoms. The number of rotatable bonds is 6. The van der Waals surface area contributed by atoms with Crippen molar-refractivity contribution in [3.8, 4) is 0 Å². The molecule has 0 amide bonds. The first-order valence-electron chi connectivity index (χ1n) is 8.77. The van der Waals surface area contributed by atoms with Crippen LogP contribution in [0.25, 0.3) is 0 Å². The van der Waals surface area contributed by atoms with E-state index in [-0.39, 0.29) is 11.5 Å². The second kappa shape index (κ2) is 7.81. The Bertz CT molecular complexity index is 734. The van der Waals surface area contributed by atoms with E-state index in [9.17, 15) is 0 Å². The van der Waals surface area contributed by atoms with Gasteiger partial charge < -0.3 is 10.2 Å². The zero-order valence-electron chi connectivity index (χ0n) is 14.4. The molecule has 0 spiro atoms. The van der Waals surface area contributed by atoms with Crippen molar-refractivity contribution in [2.45, 2.75) is 44.4 Å². The Kier molecular flexibility index (Phi) is 5.72. The Morgan fingerprint density at radius 1 is 1.16 bits per heavy atom. The number of allylic oxidation sites excluding steroid dienone is 3. The van der Waals surface area contributed by atoms with E-state index in [2.05, 4.69) is 59.3 Å². The lowest BCUT2D eigenvalue weighted by molar-refractivity contribution is -0.0464. The molecule has 2 aliphatic rings. The standard InChI is InChI=1S/C21H24BrNO2/c1-21-12-11-18(22)14-17(21)13-16(9-5-6-10-19(24)25)20(23-21)15-7-3-2-4-8-15/h2-4,7-8,11-14,17,19,24-25H,5-6,9-10H2,1H3. The summed E-state index contributed by atoms with van der Waals surface area (Å²) in [5.74, 6) is 0.234. The first-order chi connectivity index (χ1) is 12.0. The van der Waals surface area contributed by atoms with Crippen LogP contribution in [0.5, 0.6) is 0 Å². The van der Waals surface area contributed by atoms with E-state index in [0.717, 1.165) is 35.0 Å². The number of aliphatic hydroxyl groups excluding tert-OH is 1. The number of aliphatic hydroxyl groups is 2. The van der Waals surface area contributed by atoms with E-state index < -0.39 is 6.29 Å². The van der Waals surface area contributed by atoms with Crippen molar-refractivity contribution < 1.29 is 10.2 Å². The first-order valence-corrected chi connectivity index (χ1v) is 9.56. The highest BCUT2D eigenvalue weighted by atomic mass is 79.9. The smallest absolute Gasteiger partial charge is 0.151 e. The van der Waals surface area contributed by atoms with Crippen LogP contribution in [0.1, 0.15) is 38.2 Å². The van der Waals surface area contributed by atoms with Crippen LogP contribution in [-0.2, 0) is 0 Å². The fraction of sp³-hybridized carbons (Fsp3) is 0.381. The summed E-state index contributed by atoms with van der Waals surface area (Å²) in [5, 5.41) is 18.1. The minimum Gasteiger partial charge on any atom is -0.368 e. The van der Waals surface area contributed by atoms with Gasteiger partial charge in [0, 0.05) is 10.4 Å². The number of hydrogen-bond donors (Lipinski definition) is 2. The molecule has 2 atom stereocenters. The molecule has 1 aliphatic heterocycles. The summed E-state index contributed by atoms with van der Waals surface area (Å²) in [6, 6.07) is 10.3. The molecule has 1 aromatic carbocycles. The summed E-state index contributed by atoms with van der Waals surface area (Å²) < 4.78 is 1.09. The molecule has 3 rings (SSSR count). The number of benzene rings is 1. The van der Waals surface area contributed by atoms with E-state index in [1.165, 1.54) is 5.57 Å². The van der Waals surface area contributed by atoms with Crippen molar-refractivity contribution >= 4 is 21.6 Å². The normalized spacial score (nSPS) is 25.3. The average molecular weight is 402 g/mol. The zero-order chi connectivity index (χ0) is 17.9. The minimum atomic E-state index is -1.21. The second-order valence-corrected chi connectivity index (χ2v) is 7.80. The van der Waals surface area contributed by atoms with Crippen LogP contribution in [0, 0.1) is 5.92 Å². The summed E-state index contributed by atoms with van der Waals surface area (Å²) in [6.07, 6.45) is 10.6. The van der Waals surface area contributed by atoms with E-state index in [1.54, 1.807) is 0 Å². The molecule has 0 saturated carbocycles. The number of halogens is 1. The number of dihydropyridines is 1. The highest BCUT2D eigenvalue weighted by Crippen LogP contribution is 2.39. The predicted molar refractivity (Wildman–Crippen MR) is 106 cm³/mol. The average Bonchev–Trinajstić information content (AvgIpc) is 2.59. The van der Waals surface area contributed by atoms with Gasteiger partial charge in [-0.15, -0.1) is 0 Å². The van der Waals surface area contributed by atoms with Gasteiger partial charge in [-0.05, 0) is 49.8 Å². The van der Waals surface area contributed by atoms with Gasteiger partial charge in [0.05, 0.1) is 11.3 Å². The fourth-order valence-corrected chi connectivity index (χ4v) is 3.80. The molecule has 132 valence electrons. The zero-order valence-corrected chi connectivity index (χ0v) is 16.0. The lowest BCUT2D eigenvalue weighted by Gasteiger charge is -2.36. The van der Waals surface area contributed by atoms with Crippen LogP contribution in [0.4, 0.5) is 0 Å². The Morgan fingerprint density at radius 2 is 1.92 bits per heavy atom. The molecule has 0 fully saturated rings. The van der Waals surface area contributed by atoms with Crippen LogP contribution < -0.4 is 0 Å². The number of aliphatic imine (C=N–C) groups is 1. The van der Waals surface area contributed by atoms with Crippen LogP contribution >= 0.6 is 15.9 Å². The Balaban J connectivity index is 1.88. The van der Waals surface area contributed by atoms with Crippen molar-refractivity contribution in [1.29, 1.82) is 0 Å². The monoisotopic (exact) mass is 401 g/mol. The van der Waals surface area contributed by atoms with Gasteiger partial charge in [0.15, 0.2) is 6.29 Å². The Hall–Kier alpha value is -1.49. The third kappa shape index (κ3) is 4.38. The molecule has 0 saturated heterocycles. The predicted octanol–water partition coefficient (Wildman–Crippen LogP) is 4.51. The van der Waals surface area contributed by atoms with E-state index in [1.807, 2.05) is 18.2 Å². The number of unbranched alkanes of at least 4 members (excludes halogenated alkanes) is 1. The van der Waals surface area contributed by atoms with Gasteiger partial charge in [-0.3, -0.25) is 4.99 Å². The highest BCUT2D eigenvalue weighted by Gasteiger charge is 2.35. The maximum atomic E-state index is 9.03. The van der Waals surface area contributed by atoms with Crippen LogP contribution in [-0.4, -0.2) is 27.8 Å². The molecule has 0 aromatic heterocycles. The van der Waals surface area contributed by atoms with Gasteiger partial charge in [-0.1, -0.05) is 64.5 Å². The van der Waals surface area contributed by atoms with Crippen LogP contribution in [0.2, 0.25) is 0 Å². The molecular weight excluding hydrogens is 378 g/mol. The summed E-state index contributed by atoms with van der Waals surface area (Å²) in [4.78, 5) is 5.13. The number of fused-ring (bicyclic) bond motifs is 1. The Labute approximate surface area is 157 Å². The first kappa shape index (κ1) is 18.3. The quantitative estimate of drug-likeness (QED) is 0.544. The molecule has 0 radical (unpaired) electrons. The second-order valence-electron chi connectivity index (χ2n) is 6.88. The molecule has 1 aliphatic carbocycles. The van der Waals surface area contributed by atoms with Gasteiger partial charge in [0.1, 0.15) is 0 Å². The molecule has 0 bridgehead atoms. The lowest BCUT2D eigenvalue weighted by Crippen LogP contribution is -2.35. The van der Waals surface area contributed by atoms with E-state index >= 15 is 0 Å². The summed E-state index contributed by atoms with van der Waals surface area (Å²) in [5.41, 5.74) is 3.18. The third-order valence-corrected chi connectivity index (χ3v) is 5.37. The molecule has 2 unspecified atom stereocenters. The van der Waals surface area contributed by atoms with Crippen molar-refractivity contribution in [3.05, 3.63) is 70.3 Å². The molecule has 1 heterocycles. The third-order valence-electron chi connectivity index (χ3n) is 4.84. The van der Waals surface area contributed by atoms with Gasteiger partial charge in [0.25, 0.3) is 0 Å². The molecule has 2 N–H and O–H groups in total. The molecular formula is C21H24BrNO2. The van der Waals surface area contributed by atoms with Crippen molar-refractivity contribution in [2.75, 3.05) is 0 Å². The topological polar surface area (TPSA) is 52.8 Å². The summed E-state index contributed by atoms with van der Waals surface area (Å²) >= 11 is 3.58. The van der Waals surface area contributed by atoms with Gasteiger partial charge >= 0.3 is 0 Å². The molecule has 4 heteroatoms. The largest absolute Gasteiger partial charge is 0.368 e. The molecule has 1 aromatic rings. The SMILES string of the molecule is CC12C=CC(Br)=CC1C=C(CCCCC(O)O)C(c1ccccc1)=N2. The van der Waals surface area contributed by atoms with Gasteiger partial charge in [-0.2, -0.15) is 0 Å². The van der Waals surface area contributed by atoms with Crippen molar-refractivity contribution in [1.82, 2.24) is 0 Å². The number of nitrogens with zero attached hydrogens (tertiary/aromatic N) is 1. The van der Waals surface area contributed by atoms with Crippen molar-refractivity contribution in [3.63, 3.8) is 0 Å². The summed E-state index contributed by atoms with van der Waals surface area (Å²) in [7, 11) is 0. The van der Waals surface area contributed by atoms with E-state index in [0.29, 0.717) is 6.42 Å². The molecule has 3 nitrogen and oxygen atoms in total. The van der Waals surface area contributed by atoms with Crippen LogP contribution in [0.15, 0.2) is 69.7 Å². The highest BCUT2D eigenvalue weighted by molar-refractivity contribution is 9.11. The number of hydrogen-bond acceptors (Lipinski definition) is 3. The maximum Gasteiger partial charge on any atom is 0.151 e.